The second kappa shape index (κ2) is 5.37. The molecule has 1 rings (SSSR count). The molecule has 0 aromatic heterocycles. The first-order chi connectivity index (χ1) is 6.66. The average Bonchev–Trinajstić information content (AvgIpc) is 2.15. The fraction of sp³-hybridized carbons (Fsp3) is 0.455. The first-order valence-electron chi connectivity index (χ1n) is 4.76. The average molecular weight is 214 g/mol. The molecule has 0 fully saturated rings. The molecule has 1 aromatic carbocycles. The van der Waals surface area contributed by atoms with E-state index in [1.165, 1.54) is 17.8 Å². The highest BCUT2D eigenvalue weighted by Gasteiger charge is 2.11. The highest BCUT2D eigenvalue weighted by atomic mass is 32.2. The first kappa shape index (κ1) is 11.5. The van der Waals surface area contributed by atoms with Crippen LogP contribution in [0.5, 0.6) is 0 Å². The lowest BCUT2D eigenvalue weighted by molar-refractivity contribution is 0.195. The van der Waals surface area contributed by atoms with Gasteiger partial charge in [-0.1, -0.05) is 19.1 Å². The molecule has 0 aliphatic carbocycles. The van der Waals surface area contributed by atoms with Gasteiger partial charge < -0.3 is 5.11 Å². The molecular formula is C11H15FOS. The molecule has 0 aliphatic heterocycles. The fourth-order valence-corrected chi connectivity index (χ4v) is 2.23. The third-order valence-electron chi connectivity index (χ3n) is 1.90. The number of aliphatic hydroxyl groups excluding tert-OH is 1. The van der Waals surface area contributed by atoms with Crippen molar-refractivity contribution < 1.29 is 9.50 Å². The monoisotopic (exact) mass is 214 g/mol. The molecular weight excluding hydrogens is 199 g/mol. The van der Waals surface area contributed by atoms with Gasteiger partial charge in [-0.3, -0.25) is 0 Å². The second-order valence-corrected chi connectivity index (χ2v) is 4.29. The van der Waals surface area contributed by atoms with E-state index in [1.54, 1.807) is 19.1 Å². The van der Waals surface area contributed by atoms with Gasteiger partial charge in [0.15, 0.2) is 0 Å². The molecule has 3 heteroatoms. The summed E-state index contributed by atoms with van der Waals surface area (Å²) < 4.78 is 13.4. The van der Waals surface area contributed by atoms with Crippen molar-refractivity contribution in [2.24, 2.45) is 0 Å². The summed E-state index contributed by atoms with van der Waals surface area (Å²) in [5, 5.41) is 9.45. The van der Waals surface area contributed by atoms with E-state index < -0.39 is 6.10 Å². The number of hydrogen-bond acceptors (Lipinski definition) is 2. The maximum absolute atomic E-state index is 13.4. The topological polar surface area (TPSA) is 20.2 Å². The van der Waals surface area contributed by atoms with Crippen molar-refractivity contribution in [1.29, 1.82) is 0 Å². The lowest BCUT2D eigenvalue weighted by Crippen LogP contribution is -1.97. The number of benzene rings is 1. The Labute approximate surface area is 88.3 Å². The van der Waals surface area contributed by atoms with Gasteiger partial charge in [0.25, 0.3) is 0 Å². The predicted octanol–water partition coefficient (Wildman–Crippen LogP) is 3.38. The van der Waals surface area contributed by atoms with Gasteiger partial charge in [-0.05, 0) is 30.7 Å². The first-order valence-corrected chi connectivity index (χ1v) is 5.74. The van der Waals surface area contributed by atoms with Crippen molar-refractivity contribution in [2.75, 3.05) is 5.75 Å². The van der Waals surface area contributed by atoms with Crippen LogP contribution in [0.25, 0.3) is 0 Å². The minimum atomic E-state index is -0.606. The number of rotatable bonds is 4. The second-order valence-electron chi connectivity index (χ2n) is 3.18. The Bertz CT molecular complexity index is 299. The third kappa shape index (κ3) is 2.72. The van der Waals surface area contributed by atoms with Crippen LogP contribution in [0.3, 0.4) is 0 Å². The maximum atomic E-state index is 13.4. The lowest BCUT2D eigenvalue weighted by Gasteiger charge is -2.11. The van der Waals surface area contributed by atoms with E-state index in [9.17, 15) is 9.50 Å². The smallest absolute Gasteiger partial charge is 0.137 e. The molecule has 14 heavy (non-hydrogen) atoms. The van der Waals surface area contributed by atoms with E-state index >= 15 is 0 Å². The van der Waals surface area contributed by atoms with E-state index in [4.69, 9.17) is 0 Å². The standard InChI is InChI=1S/C11H15FOS/c1-3-7-14-11-9(8(2)13)5-4-6-10(11)12/h4-6,8,13H,3,7H2,1-2H3/t8-/m1/s1. The van der Waals surface area contributed by atoms with E-state index in [2.05, 4.69) is 6.92 Å². The molecule has 0 unspecified atom stereocenters. The number of thioether (sulfide) groups is 1. The van der Waals surface area contributed by atoms with Crippen molar-refractivity contribution in [2.45, 2.75) is 31.3 Å². The van der Waals surface area contributed by atoms with Crippen LogP contribution < -0.4 is 0 Å². The zero-order chi connectivity index (χ0) is 10.6. The summed E-state index contributed by atoms with van der Waals surface area (Å²) in [6, 6.07) is 4.84. The largest absolute Gasteiger partial charge is 0.389 e. The summed E-state index contributed by atoms with van der Waals surface area (Å²) in [7, 11) is 0. The summed E-state index contributed by atoms with van der Waals surface area (Å²) in [4.78, 5) is 0.587. The van der Waals surface area contributed by atoms with Gasteiger partial charge in [0, 0.05) is 4.90 Å². The summed E-state index contributed by atoms with van der Waals surface area (Å²) in [5.74, 6) is 0.641. The van der Waals surface area contributed by atoms with Crippen LogP contribution in [-0.4, -0.2) is 10.9 Å². The van der Waals surface area contributed by atoms with Gasteiger partial charge >= 0.3 is 0 Å². The Kier molecular flexibility index (Phi) is 4.42. The summed E-state index contributed by atoms with van der Waals surface area (Å²) in [6.45, 7) is 3.71. The van der Waals surface area contributed by atoms with Gasteiger partial charge in [-0.2, -0.15) is 0 Å². The Morgan fingerprint density at radius 3 is 2.79 bits per heavy atom. The third-order valence-corrected chi connectivity index (χ3v) is 3.23. The van der Waals surface area contributed by atoms with Crippen LogP contribution in [0.4, 0.5) is 4.39 Å². The van der Waals surface area contributed by atoms with Crippen LogP contribution in [0.2, 0.25) is 0 Å². The van der Waals surface area contributed by atoms with Crippen molar-refractivity contribution in [3.8, 4) is 0 Å². The van der Waals surface area contributed by atoms with Gasteiger partial charge in [-0.15, -0.1) is 11.8 Å². The molecule has 0 amide bonds. The molecule has 1 N–H and O–H groups in total. The van der Waals surface area contributed by atoms with Crippen LogP contribution in [0.15, 0.2) is 23.1 Å². The number of halogens is 1. The highest BCUT2D eigenvalue weighted by molar-refractivity contribution is 7.99. The SMILES string of the molecule is CCCSc1c(F)cccc1[C@@H](C)O. The summed E-state index contributed by atoms with van der Waals surface area (Å²) in [6.07, 6.45) is 0.392. The molecule has 78 valence electrons. The summed E-state index contributed by atoms with van der Waals surface area (Å²) >= 11 is 1.47. The summed E-state index contributed by atoms with van der Waals surface area (Å²) in [5.41, 5.74) is 0.684. The van der Waals surface area contributed by atoms with Gasteiger partial charge in [0.2, 0.25) is 0 Å². The van der Waals surface area contributed by atoms with Crippen LogP contribution >= 0.6 is 11.8 Å². The van der Waals surface area contributed by atoms with Crippen LogP contribution in [0, 0.1) is 5.82 Å². The molecule has 0 aliphatic rings. The number of aliphatic hydroxyl groups is 1. The molecule has 0 saturated carbocycles. The van der Waals surface area contributed by atoms with E-state index in [0.29, 0.717) is 10.5 Å². The highest BCUT2D eigenvalue weighted by Crippen LogP contribution is 2.30. The molecule has 1 nitrogen and oxygen atoms in total. The predicted molar refractivity (Wildman–Crippen MR) is 58.0 cm³/mol. The molecule has 1 atom stereocenters. The fourth-order valence-electron chi connectivity index (χ4n) is 1.21. The van der Waals surface area contributed by atoms with Crippen molar-refractivity contribution in [3.63, 3.8) is 0 Å². The lowest BCUT2D eigenvalue weighted by atomic mass is 10.1. The zero-order valence-electron chi connectivity index (χ0n) is 8.46. The van der Waals surface area contributed by atoms with Gasteiger partial charge in [0.1, 0.15) is 5.82 Å². The van der Waals surface area contributed by atoms with Gasteiger partial charge in [-0.25, -0.2) is 4.39 Å². The normalized spacial score (nSPS) is 12.9. The molecule has 0 bridgehead atoms. The van der Waals surface area contributed by atoms with Crippen molar-refractivity contribution in [1.82, 2.24) is 0 Å². The van der Waals surface area contributed by atoms with E-state index in [-0.39, 0.29) is 5.82 Å². The Morgan fingerprint density at radius 1 is 1.50 bits per heavy atom. The van der Waals surface area contributed by atoms with Crippen LogP contribution in [-0.2, 0) is 0 Å². The molecule has 0 spiro atoms. The number of hydrogen-bond donors (Lipinski definition) is 1. The van der Waals surface area contributed by atoms with E-state index in [1.807, 2.05) is 0 Å². The zero-order valence-corrected chi connectivity index (χ0v) is 9.27. The molecule has 0 saturated heterocycles. The minimum absolute atomic E-state index is 0.234. The Morgan fingerprint density at radius 2 is 2.21 bits per heavy atom. The van der Waals surface area contributed by atoms with Crippen molar-refractivity contribution in [3.05, 3.63) is 29.6 Å². The molecule has 0 radical (unpaired) electrons. The Hall–Kier alpha value is -0.540. The molecule has 1 aromatic rings. The van der Waals surface area contributed by atoms with Gasteiger partial charge in [0.05, 0.1) is 6.10 Å². The molecule has 0 heterocycles. The maximum Gasteiger partial charge on any atom is 0.137 e. The van der Waals surface area contributed by atoms with E-state index in [0.717, 1.165) is 12.2 Å². The van der Waals surface area contributed by atoms with Crippen molar-refractivity contribution >= 4 is 11.8 Å². The Balaban J connectivity index is 2.96. The van der Waals surface area contributed by atoms with Crippen LogP contribution in [0.1, 0.15) is 31.9 Å². The quantitative estimate of drug-likeness (QED) is 0.775. The minimum Gasteiger partial charge on any atom is -0.389 e.